The van der Waals surface area contributed by atoms with Gasteiger partial charge >= 0.3 is 5.97 Å². The normalized spacial score (nSPS) is 16.7. The molecule has 1 aromatic rings. The standard InChI is InChI=1S/C9H11N5O3/c1-9(2)4(7(16)17)11-3-5(14-9)12-8(10)13-6(3)15/h1-2H3,(H,16,17)(H4,10,12,13,14,15). The van der Waals surface area contributed by atoms with Crippen molar-refractivity contribution >= 4 is 29.1 Å². The van der Waals surface area contributed by atoms with E-state index < -0.39 is 17.1 Å². The number of fused-ring (bicyclic) bond motifs is 1. The van der Waals surface area contributed by atoms with Gasteiger partial charge in [-0.05, 0) is 13.8 Å². The van der Waals surface area contributed by atoms with Gasteiger partial charge in [-0.3, -0.25) is 9.78 Å². The first-order valence-corrected chi connectivity index (χ1v) is 4.81. The molecule has 0 bridgehead atoms. The van der Waals surface area contributed by atoms with Crippen LogP contribution >= 0.6 is 0 Å². The number of hydrogen-bond donors (Lipinski definition) is 4. The Morgan fingerprint density at radius 1 is 1.47 bits per heavy atom. The van der Waals surface area contributed by atoms with Crippen molar-refractivity contribution in [2.75, 3.05) is 11.1 Å². The van der Waals surface area contributed by atoms with Gasteiger partial charge in [0.25, 0.3) is 5.56 Å². The minimum Gasteiger partial charge on any atom is -0.477 e. The summed E-state index contributed by atoms with van der Waals surface area (Å²) in [6, 6.07) is 0. The van der Waals surface area contributed by atoms with Gasteiger partial charge in [0.2, 0.25) is 5.95 Å². The largest absolute Gasteiger partial charge is 0.477 e. The number of nitrogen functional groups attached to an aromatic ring is 1. The van der Waals surface area contributed by atoms with E-state index in [9.17, 15) is 9.59 Å². The number of hydrogen-bond acceptors (Lipinski definition) is 6. The molecule has 0 aromatic carbocycles. The zero-order valence-corrected chi connectivity index (χ0v) is 9.24. The van der Waals surface area contributed by atoms with Crippen LogP contribution in [0, 0.1) is 0 Å². The van der Waals surface area contributed by atoms with Crippen LogP contribution in [-0.4, -0.2) is 32.3 Å². The van der Waals surface area contributed by atoms with E-state index >= 15 is 0 Å². The first-order chi connectivity index (χ1) is 7.81. The zero-order valence-electron chi connectivity index (χ0n) is 9.24. The third kappa shape index (κ3) is 1.73. The number of nitrogens with one attached hydrogen (secondary N) is 2. The number of nitrogens with two attached hydrogens (primary N) is 1. The van der Waals surface area contributed by atoms with Gasteiger partial charge in [0, 0.05) is 0 Å². The number of anilines is 2. The topological polar surface area (TPSA) is 133 Å². The Hall–Kier alpha value is -2.38. The lowest BCUT2D eigenvalue weighted by Crippen LogP contribution is -2.47. The summed E-state index contributed by atoms with van der Waals surface area (Å²) in [4.78, 5) is 32.5. The summed E-state index contributed by atoms with van der Waals surface area (Å²) in [5.74, 6) is -1.06. The van der Waals surface area contributed by atoms with E-state index in [1.54, 1.807) is 13.8 Å². The predicted octanol–water partition coefficient (Wildman–Crippen LogP) is -0.287. The van der Waals surface area contributed by atoms with Gasteiger partial charge in [0.15, 0.2) is 17.2 Å². The molecular formula is C9H11N5O3. The molecule has 0 amide bonds. The summed E-state index contributed by atoms with van der Waals surface area (Å²) in [7, 11) is 0. The number of aromatic nitrogens is 2. The number of carboxylic acids is 1. The molecule has 2 heterocycles. The SMILES string of the molecule is CC1(C)Nc2nc(N)[nH]c(=O)c2N=C1C(=O)O. The van der Waals surface area contributed by atoms with E-state index in [-0.39, 0.29) is 23.2 Å². The maximum absolute atomic E-state index is 11.5. The van der Waals surface area contributed by atoms with E-state index in [0.717, 1.165) is 0 Å². The van der Waals surface area contributed by atoms with Gasteiger partial charge < -0.3 is 16.2 Å². The number of rotatable bonds is 1. The van der Waals surface area contributed by atoms with Crippen LogP contribution in [0.2, 0.25) is 0 Å². The van der Waals surface area contributed by atoms with Crippen LogP contribution in [0.15, 0.2) is 9.79 Å². The molecule has 0 fully saturated rings. The number of carboxylic acid groups (broad SMARTS) is 1. The fourth-order valence-corrected chi connectivity index (χ4v) is 1.60. The number of carbonyl (C=O) groups is 1. The number of aliphatic imine (C=N–C) groups is 1. The Kier molecular flexibility index (Phi) is 2.16. The van der Waals surface area contributed by atoms with E-state index in [1.807, 2.05) is 0 Å². The van der Waals surface area contributed by atoms with Crippen molar-refractivity contribution < 1.29 is 9.90 Å². The molecule has 0 saturated heterocycles. The number of aliphatic carboxylic acids is 1. The molecule has 2 rings (SSSR count). The second kappa shape index (κ2) is 3.30. The Labute approximate surface area is 95.6 Å². The van der Waals surface area contributed by atoms with Gasteiger partial charge in [0.1, 0.15) is 0 Å². The molecule has 90 valence electrons. The quantitative estimate of drug-likeness (QED) is 0.530. The highest BCUT2D eigenvalue weighted by Gasteiger charge is 2.36. The van der Waals surface area contributed by atoms with Crippen molar-refractivity contribution in [3.8, 4) is 0 Å². The maximum Gasteiger partial charge on any atom is 0.352 e. The van der Waals surface area contributed by atoms with Crippen LogP contribution in [0.3, 0.4) is 0 Å². The first-order valence-electron chi connectivity index (χ1n) is 4.81. The lowest BCUT2D eigenvalue weighted by atomic mass is 9.96. The van der Waals surface area contributed by atoms with E-state index in [1.165, 1.54) is 0 Å². The fraction of sp³-hybridized carbons (Fsp3) is 0.333. The zero-order chi connectivity index (χ0) is 12.8. The molecule has 8 nitrogen and oxygen atoms in total. The maximum atomic E-state index is 11.5. The van der Waals surface area contributed by atoms with Crippen molar-refractivity contribution in [2.45, 2.75) is 19.4 Å². The monoisotopic (exact) mass is 237 g/mol. The molecular weight excluding hydrogens is 226 g/mol. The predicted molar refractivity (Wildman–Crippen MR) is 61.7 cm³/mol. The van der Waals surface area contributed by atoms with Gasteiger partial charge in [-0.2, -0.15) is 4.98 Å². The van der Waals surface area contributed by atoms with Crippen LogP contribution in [0.25, 0.3) is 0 Å². The molecule has 0 atom stereocenters. The van der Waals surface area contributed by atoms with E-state index in [0.29, 0.717) is 0 Å². The fourth-order valence-electron chi connectivity index (χ4n) is 1.60. The minimum absolute atomic E-state index is 0.0500. The molecule has 1 aliphatic rings. The van der Waals surface area contributed by atoms with E-state index in [2.05, 4.69) is 20.3 Å². The van der Waals surface area contributed by atoms with Crippen molar-refractivity contribution in [1.82, 2.24) is 9.97 Å². The second-order valence-electron chi connectivity index (χ2n) is 4.16. The number of nitrogens with zero attached hydrogens (tertiary/aromatic N) is 2. The summed E-state index contributed by atoms with van der Waals surface area (Å²) in [6.45, 7) is 3.25. The van der Waals surface area contributed by atoms with Crippen LogP contribution in [0.5, 0.6) is 0 Å². The molecule has 1 aromatic heterocycles. The van der Waals surface area contributed by atoms with Crippen LogP contribution in [-0.2, 0) is 4.79 Å². The minimum atomic E-state index is -1.19. The summed E-state index contributed by atoms with van der Waals surface area (Å²) in [6.07, 6.45) is 0. The van der Waals surface area contributed by atoms with Crippen LogP contribution < -0.4 is 16.6 Å². The Morgan fingerprint density at radius 3 is 2.71 bits per heavy atom. The summed E-state index contributed by atoms with van der Waals surface area (Å²) in [5.41, 5.74) is 3.67. The molecule has 8 heteroatoms. The highest BCUT2D eigenvalue weighted by Crippen LogP contribution is 2.29. The van der Waals surface area contributed by atoms with Crippen molar-refractivity contribution in [3.05, 3.63) is 10.4 Å². The lowest BCUT2D eigenvalue weighted by Gasteiger charge is -2.30. The van der Waals surface area contributed by atoms with Gasteiger partial charge in [-0.1, -0.05) is 0 Å². The Morgan fingerprint density at radius 2 is 2.12 bits per heavy atom. The molecule has 1 aliphatic heterocycles. The summed E-state index contributed by atoms with van der Waals surface area (Å²) < 4.78 is 0. The Balaban J connectivity index is 2.70. The molecule has 5 N–H and O–H groups in total. The van der Waals surface area contributed by atoms with E-state index in [4.69, 9.17) is 10.8 Å². The molecule has 0 radical (unpaired) electrons. The van der Waals surface area contributed by atoms with Crippen molar-refractivity contribution in [1.29, 1.82) is 0 Å². The first kappa shape index (κ1) is 11.1. The summed E-state index contributed by atoms with van der Waals surface area (Å²) in [5, 5.41) is 11.8. The molecule has 0 aliphatic carbocycles. The highest BCUT2D eigenvalue weighted by atomic mass is 16.4. The second-order valence-corrected chi connectivity index (χ2v) is 4.16. The van der Waals surface area contributed by atoms with Crippen molar-refractivity contribution in [3.63, 3.8) is 0 Å². The average Bonchev–Trinajstić information content (AvgIpc) is 2.13. The molecule has 0 spiro atoms. The van der Waals surface area contributed by atoms with Gasteiger partial charge in [0.05, 0.1) is 5.54 Å². The molecule has 0 saturated carbocycles. The molecule has 0 unspecified atom stereocenters. The average molecular weight is 237 g/mol. The summed E-state index contributed by atoms with van der Waals surface area (Å²) >= 11 is 0. The third-order valence-electron chi connectivity index (χ3n) is 2.36. The smallest absolute Gasteiger partial charge is 0.352 e. The lowest BCUT2D eigenvalue weighted by molar-refractivity contribution is -0.129. The van der Waals surface area contributed by atoms with Crippen molar-refractivity contribution in [2.24, 2.45) is 4.99 Å². The Bertz CT molecular complexity index is 587. The molecule has 17 heavy (non-hydrogen) atoms. The van der Waals surface area contributed by atoms with Gasteiger partial charge in [-0.15, -0.1) is 0 Å². The number of H-pyrrole nitrogens is 1. The third-order valence-corrected chi connectivity index (χ3v) is 2.36. The highest BCUT2D eigenvalue weighted by molar-refractivity contribution is 6.40. The van der Waals surface area contributed by atoms with Gasteiger partial charge in [-0.25, -0.2) is 9.79 Å². The number of aromatic amines is 1. The van der Waals surface area contributed by atoms with Crippen LogP contribution in [0.4, 0.5) is 17.5 Å². The van der Waals surface area contributed by atoms with Crippen LogP contribution in [0.1, 0.15) is 13.8 Å².